The molecule has 4 aromatic carbocycles. The quantitative estimate of drug-likeness (QED) is 0.0939. The molecule has 1 aromatic heterocycles. The number of aromatic nitrogens is 1. The van der Waals surface area contributed by atoms with E-state index in [4.69, 9.17) is 27.9 Å². The molecule has 5 rings (SSSR count). The van der Waals surface area contributed by atoms with Gasteiger partial charge in [-0.05, 0) is 67.6 Å². The molecule has 1 heterocycles. The van der Waals surface area contributed by atoms with Gasteiger partial charge in [0.25, 0.3) is 11.8 Å². The fraction of sp³-hybridized carbons (Fsp3) is 0.0857. The lowest BCUT2D eigenvalue weighted by Gasteiger charge is -2.14. The van der Waals surface area contributed by atoms with Crippen molar-refractivity contribution in [3.8, 4) is 17.0 Å². The van der Waals surface area contributed by atoms with Crippen molar-refractivity contribution in [2.75, 3.05) is 17.7 Å². The Bertz CT molecular complexity index is 1930. The summed E-state index contributed by atoms with van der Waals surface area (Å²) in [6, 6.07) is 28.1. The van der Waals surface area contributed by atoms with Gasteiger partial charge in [0.15, 0.2) is 5.13 Å². The number of anilines is 2. The van der Waals surface area contributed by atoms with Gasteiger partial charge in [0, 0.05) is 42.7 Å². The van der Waals surface area contributed by atoms with Crippen LogP contribution in [-0.2, 0) is 9.59 Å². The van der Waals surface area contributed by atoms with E-state index in [0.717, 1.165) is 10.5 Å². The zero-order chi connectivity index (χ0) is 33.3. The van der Waals surface area contributed by atoms with E-state index >= 15 is 0 Å². The predicted octanol–water partition coefficient (Wildman–Crippen LogP) is 8.65. The summed E-state index contributed by atoms with van der Waals surface area (Å²) in [6.07, 6.45) is 1.43. The van der Waals surface area contributed by atoms with Crippen LogP contribution in [0, 0.1) is 0 Å². The molecule has 3 amide bonds. The predicted molar refractivity (Wildman–Crippen MR) is 191 cm³/mol. The Balaban J connectivity index is 1.28. The number of benzene rings is 4. The van der Waals surface area contributed by atoms with Crippen LogP contribution in [0.2, 0.25) is 10.0 Å². The van der Waals surface area contributed by atoms with Crippen LogP contribution in [0.1, 0.15) is 22.8 Å². The average Bonchev–Trinajstić information content (AvgIpc) is 3.54. The summed E-state index contributed by atoms with van der Waals surface area (Å²) in [4.78, 5) is 44.9. The SMILES string of the molecule is COc1ccccc1-c1csc(NC(=O)C(C)Sc2cccc(NC(=O)/C(=C\c3c(Cl)cccc3Cl)NC(=O)c3ccccc3)c2)n1. The van der Waals surface area contributed by atoms with E-state index in [9.17, 15) is 14.4 Å². The van der Waals surface area contributed by atoms with Crippen LogP contribution >= 0.6 is 46.3 Å². The summed E-state index contributed by atoms with van der Waals surface area (Å²) in [5.41, 5.74) is 2.69. The number of hydrogen-bond acceptors (Lipinski definition) is 7. The molecule has 0 aliphatic rings. The van der Waals surface area contributed by atoms with Crippen LogP contribution in [0.4, 0.5) is 10.8 Å². The van der Waals surface area contributed by atoms with Crippen molar-refractivity contribution in [2.45, 2.75) is 17.1 Å². The number of rotatable bonds is 11. The number of thiazole rings is 1. The minimum atomic E-state index is -0.590. The van der Waals surface area contributed by atoms with Gasteiger partial charge in [-0.3, -0.25) is 14.4 Å². The van der Waals surface area contributed by atoms with Gasteiger partial charge >= 0.3 is 0 Å². The molecule has 12 heteroatoms. The molecule has 0 saturated heterocycles. The summed E-state index contributed by atoms with van der Waals surface area (Å²) in [5.74, 6) is -0.598. The smallest absolute Gasteiger partial charge is 0.272 e. The molecule has 0 saturated carbocycles. The second-order valence-electron chi connectivity index (χ2n) is 9.98. The summed E-state index contributed by atoms with van der Waals surface area (Å²) in [5, 5.41) is 10.9. The van der Waals surface area contributed by atoms with Crippen molar-refractivity contribution in [3.63, 3.8) is 0 Å². The number of para-hydroxylation sites is 1. The Kier molecular flexibility index (Phi) is 11.3. The fourth-order valence-electron chi connectivity index (χ4n) is 4.36. The summed E-state index contributed by atoms with van der Waals surface area (Å²) >= 11 is 15.4. The number of ether oxygens (including phenoxy) is 1. The van der Waals surface area contributed by atoms with Gasteiger partial charge in [-0.1, -0.05) is 65.7 Å². The number of halogens is 2. The third-order valence-electron chi connectivity index (χ3n) is 6.71. The zero-order valence-corrected chi connectivity index (χ0v) is 28.3. The lowest BCUT2D eigenvalue weighted by Crippen LogP contribution is -2.30. The molecule has 0 fully saturated rings. The first kappa shape index (κ1) is 33.7. The molecule has 3 N–H and O–H groups in total. The lowest BCUT2D eigenvalue weighted by molar-refractivity contribution is -0.115. The highest BCUT2D eigenvalue weighted by molar-refractivity contribution is 8.00. The Labute approximate surface area is 290 Å². The van der Waals surface area contributed by atoms with Crippen molar-refractivity contribution < 1.29 is 19.1 Å². The highest BCUT2D eigenvalue weighted by atomic mass is 35.5. The molecule has 5 aromatic rings. The number of carbonyl (C=O) groups is 3. The van der Waals surface area contributed by atoms with E-state index in [0.29, 0.717) is 43.4 Å². The molecular weight excluding hydrogens is 675 g/mol. The van der Waals surface area contributed by atoms with E-state index in [2.05, 4.69) is 20.9 Å². The van der Waals surface area contributed by atoms with E-state index in [1.165, 1.54) is 29.2 Å². The van der Waals surface area contributed by atoms with Gasteiger partial charge in [-0.15, -0.1) is 23.1 Å². The lowest BCUT2D eigenvalue weighted by atomic mass is 10.1. The number of methoxy groups -OCH3 is 1. The summed E-state index contributed by atoms with van der Waals surface area (Å²) in [6.45, 7) is 1.79. The molecular formula is C35H28Cl2N4O4S2. The Morgan fingerprint density at radius 1 is 0.894 bits per heavy atom. The fourth-order valence-corrected chi connectivity index (χ4v) is 6.50. The normalized spacial score (nSPS) is 11.8. The second-order valence-corrected chi connectivity index (χ2v) is 13.1. The van der Waals surface area contributed by atoms with Gasteiger partial charge in [0.2, 0.25) is 5.91 Å². The molecule has 8 nitrogen and oxygen atoms in total. The summed E-state index contributed by atoms with van der Waals surface area (Å²) < 4.78 is 5.43. The van der Waals surface area contributed by atoms with Gasteiger partial charge < -0.3 is 20.7 Å². The topological polar surface area (TPSA) is 109 Å². The molecule has 0 aliphatic carbocycles. The largest absolute Gasteiger partial charge is 0.496 e. The summed E-state index contributed by atoms with van der Waals surface area (Å²) in [7, 11) is 1.60. The molecule has 0 spiro atoms. The maximum atomic E-state index is 13.5. The maximum Gasteiger partial charge on any atom is 0.272 e. The van der Waals surface area contributed by atoms with Crippen LogP contribution in [0.5, 0.6) is 5.75 Å². The molecule has 0 radical (unpaired) electrons. The molecule has 1 atom stereocenters. The van der Waals surface area contributed by atoms with E-state index in [1.54, 1.807) is 80.8 Å². The van der Waals surface area contributed by atoms with E-state index in [-0.39, 0.29) is 11.6 Å². The Hall–Kier alpha value is -4.61. The monoisotopic (exact) mass is 702 g/mol. The first-order chi connectivity index (χ1) is 22.7. The van der Waals surface area contributed by atoms with Crippen LogP contribution in [0.25, 0.3) is 17.3 Å². The number of nitrogens with one attached hydrogen (secondary N) is 3. The van der Waals surface area contributed by atoms with Crippen molar-refractivity contribution in [3.05, 3.63) is 129 Å². The number of thioether (sulfide) groups is 1. The highest BCUT2D eigenvalue weighted by Crippen LogP contribution is 2.33. The van der Waals surface area contributed by atoms with Crippen molar-refractivity contribution >= 4 is 80.9 Å². The van der Waals surface area contributed by atoms with Crippen LogP contribution < -0.4 is 20.7 Å². The van der Waals surface area contributed by atoms with Gasteiger partial charge in [0.1, 0.15) is 11.4 Å². The third-order valence-corrected chi connectivity index (χ3v) is 9.22. The Morgan fingerprint density at radius 3 is 2.34 bits per heavy atom. The number of amides is 3. The number of nitrogens with zero attached hydrogens (tertiary/aromatic N) is 1. The molecule has 47 heavy (non-hydrogen) atoms. The Morgan fingerprint density at radius 2 is 1.60 bits per heavy atom. The standard InChI is InChI=1S/C35H28Cl2N4O4S2/c1-21(32(42)41-35-40-30(20-46-35)25-14-6-7-17-31(25)45-2)47-24-13-8-12-23(18-24)38-34(44)29(19-26-27(36)15-9-16-28(26)37)39-33(43)22-10-4-3-5-11-22/h3-21H,1-2H3,(H,38,44)(H,39,43)(H,40,41,42)/b29-19+. The molecule has 1 unspecified atom stereocenters. The minimum absolute atomic E-state index is 0.0596. The highest BCUT2D eigenvalue weighted by Gasteiger charge is 2.19. The first-order valence-corrected chi connectivity index (χ1v) is 16.7. The van der Waals surface area contributed by atoms with Crippen molar-refractivity contribution in [2.24, 2.45) is 0 Å². The van der Waals surface area contributed by atoms with Crippen LogP contribution in [0.15, 0.2) is 113 Å². The van der Waals surface area contributed by atoms with Gasteiger partial charge in [-0.2, -0.15) is 0 Å². The second kappa shape index (κ2) is 15.8. The van der Waals surface area contributed by atoms with Crippen molar-refractivity contribution in [1.29, 1.82) is 0 Å². The van der Waals surface area contributed by atoms with E-state index in [1.807, 2.05) is 35.7 Å². The zero-order valence-electron chi connectivity index (χ0n) is 25.1. The minimum Gasteiger partial charge on any atom is -0.496 e. The average molecular weight is 704 g/mol. The van der Waals surface area contributed by atoms with Gasteiger partial charge in [0.05, 0.1) is 18.1 Å². The van der Waals surface area contributed by atoms with Crippen LogP contribution in [-0.4, -0.2) is 35.1 Å². The van der Waals surface area contributed by atoms with E-state index < -0.39 is 17.1 Å². The number of hydrogen-bond donors (Lipinski definition) is 3. The number of carbonyl (C=O) groups excluding carboxylic acids is 3. The molecule has 0 bridgehead atoms. The molecule has 238 valence electrons. The third kappa shape index (κ3) is 8.81. The first-order valence-electron chi connectivity index (χ1n) is 14.2. The van der Waals surface area contributed by atoms with Crippen LogP contribution in [0.3, 0.4) is 0 Å². The van der Waals surface area contributed by atoms with Gasteiger partial charge in [-0.25, -0.2) is 4.98 Å². The maximum absolute atomic E-state index is 13.5. The van der Waals surface area contributed by atoms with Crippen molar-refractivity contribution in [1.82, 2.24) is 10.3 Å². The molecule has 0 aliphatic heterocycles.